The molecule has 2 aliphatic rings. The molecule has 2 aromatic heterocycles. The number of aromatic amines is 1. The number of hydrogen-bond acceptors (Lipinski definition) is 4. The zero-order chi connectivity index (χ0) is 19.6. The number of benzene rings is 1. The number of hydrogen-bond donors (Lipinski definition) is 1. The fourth-order valence-electron chi connectivity index (χ4n) is 3.83. The molecule has 0 spiro atoms. The van der Waals surface area contributed by atoms with Crippen LogP contribution in [-0.4, -0.2) is 34.2 Å². The molecule has 1 aromatic carbocycles. The third-order valence-corrected chi connectivity index (χ3v) is 5.74. The zero-order valence-corrected chi connectivity index (χ0v) is 16.3. The number of aromatic nitrogens is 3. The summed E-state index contributed by atoms with van der Waals surface area (Å²) in [7, 11) is 0. The van der Waals surface area contributed by atoms with Gasteiger partial charge in [0.25, 0.3) is 0 Å². The Hall–Kier alpha value is -3.15. The first-order chi connectivity index (χ1) is 14.3. The van der Waals surface area contributed by atoms with E-state index < -0.39 is 0 Å². The van der Waals surface area contributed by atoms with E-state index in [9.17, 15) is 4.79 Å². The van der Waals surface area contributed by atoms with Crippen molar-refractivity contribution in [2.45, 2.75) is 25.7 Å². The second-order valence-corrected chi connectivity index (χ2v) is 7.97. The van der Waals surface area contributed by atoms with Gasteiger partial charge in [0.2, 0.25) is 5.91 Å². The van der Waals surface area contributed by atoms with Crippen molar-refractivity contribution in [1.82, 2.24) is 15.2 Å². The van der Waals surface area contributed by atoms with Crippen LogP contribution in [0.5, 0.6) is 5.75 Å². The van der Waals surface area contributed by atoms with Crippen molar-refractivity contribution in [2.75, 3.05) is 18.1 Å². The van der Waals surface area contributed by atoms with Crippen molar-refractivity contribution in [3.8, 4) is 16.9 Å². The van der Waals surface area contributed by atoms with E-state index in [1.807, 2.05) is 30.5 Å². The summed E-state index contributed by atoms with van der Waals surface area (Å²) in [5.74, 6) is 2.50. The maximum atomic E-state index is 13.0. The number of pyridine rings is 1. The highest BCUT2D eigenvalue weighted by Gasteiger charge is 2.33. The van der Waals surface area contributed by atoms with Gasteiger partial charge >= 0.3 is 0 Å². The van der Waals surface area contributed by atoms with Crippen LogP contribution in [0.3, 0.4) is 0 Å². The second-order valence-electron chi connectivity index (χ2n) is 7.97. The third-order valence-electron chi connectivity index (χ3n) is 5.74. The predicted octanol–water partition coefficient (Wildman–Crippen LogP) is 3.86. The van der Waals surface area contributed by atoms with Crippen LogP contribution in [0.2, 0.25) is 0 Å². The molecule has 29 heavy (non-hydrogen) atoms. The molecule has 2 fully saturated rings. The number of carbonyl (C=O) groups excluding carboxylic acids is 1. The van der Waals surface area contributed by atoms with Gasteiger partial charge < -0.3 is 4.74 Å². The van der Waals surface area contributed by atoms with Crippen LogP contribution in [0.15, 0.2) is 55.0 Å². The predicted molar refractivity (Wildman–Crippen MR) is 111 cm³/mol. The van der Waals surface area contributed by atoms with Gasteiger partial charge in [0.05, 0.1) is 12.8 Å². The van der Waals surface area contributed by atoms with Crippen molar-refractivity contribution < 1.29 is 9.53 Å². The van der Waals surface area contributed by atoms with Crippen LogP contribution in [-0.2, 0) is 11.2 Å². The van der Waals surface area contributed by atoms with Crippen molar-refractivity contribution in [3.63, 3.8) is 0 Å². The second kappa shape index (κ2) is 7.70. The topological polar surface area (TPSA) is 71.1 Å². The summed E-state index contributed by atoms with van der Waals surface area (Å²) in [4.78, 5) is 19.3. The molecule has 1 aliphatic heterocycles. The van der Waals surface area contributed by atoms with Gasteiger partial charge in [0.1, 0.15) is 11.6 Å². The quantitative estimate of drug-likeness (QED) is 0.667. The molecule has 1 unspecified atom stereocenters. The highest BCUT2D eigenvalue weighted by molar-refractivity contribution is 5.96. The van der Waals surface area contributed by atoms with Gasteiger partial charge in [-0.3, -0.25) is 14.8 Å². The van der Waals surface area contributed by atoms with Crippen LogP contribution in [0, 0.1) is 11.8 Å². The van der Waals surface area contributed by atoms with Crippen LogP contribution < -0.4 is 9.64 Å². The summed E-state index contributed by atoms with van der Waals surface area (Å²) in [6, 6.07) is 12.1. The smallest absolute Gasteiger partial charge is 0.231 e. The van der Waals surface area contributed by atoms with Crippen molar-refractivity contribution in [3.05, 3.63) is 60.6 Å². The largest absolute Gasteiger partial charge is 0.493 e. The number of nitrogens with one attached hydrogen (secondary N) is 1. The van der Waals surface area contributed by atoms with Crippen LogP contribution in [0.4, 0.5) is 5.82 Å². The number of nitrogens with zero attached hydrogens (tertiary/aromatic N) is 3. The van der Waals surface area contributed by atoms with Crippen molar-refractivity contribution >= 4 is 11.7 Å². The average Bonchev–Trinajstić information content (AvgIpc) is 3.28. The van der Waals surface area contributed by atoms with Crippen LogP contribution in [0.25, 0.3) is 11.1 Å². The van der Waals surface area contributed by atoms with Crippen LogP contribution >= 0.6 is 0 Å². The Morgan fingerprint density at radius 1 is 1.10 bits per heavy atom. The molecule has 1 saturated heterocycles. The van der Waals surface area contributed by atoms with E-state index in [4.69, 9.17) is 4.74 Å². The van der Waals surface area contributed by atoms with Gasteiger partial charge in [0, 0.05) is 36.0 Å². The summed E-state index contributed by atoms with van der Waals surface area (Å²) in [6.45, 7) is 1.51. The lowest BCUT2D eigenvalue weighted by molar-refractivity contribution is -0.120. The van der Waals surface area contributed by atoms with Gasteiger partial charge in [-0.25, -0.2) is 4.98 Å². The van der Waals surface area contributed by atoms with Crippen molar-refractivity contribution in [2.24, 2.45) is 11.8 Å². The minimum Gasteiger partial charge on any atom is -0.493 e. The molecule has 6 nitrogen and oxygen atoms in total. The Morgan fingerprint density at radius 3 is 2.79 bits per heavy atom. The highest BCUT2D eigenvalue weighted by atomic mass is 16.5. The maximum Gasteiger partial charge on any atom is 0.231 e. The molecule has 3 heterocycles. The van der Waals surface area contributed by atoms with Gasteiger partial charge in [-0.05, 0) is 61.4 Å². The van der Waals surface area contributed by atoms with Gasteiger partial charge in [0.15, 0.2) is 0 Å². The maximum absolute atomic E-state index is 13.0. The molecule has 0 bridgehead atoms. The minimum absolute atomic E-state index is 0.0102. The molecule has 3 aromatic rings. The van der Waals surface area contributed by atoms with E-state index in [-0.39, 0.29) is 11.8 Å². The Kier molecular flexibility index (Phi) is 4.76. The molecule has 1 atom stereocenters. The minimum atomic E-state index is -0.0102. The molecule has 1 aliphatic carbocycles. The molecular formula is C23H24N4O2. The van der Waals surface area contributed by atoms with E-state index >= 15 is 0 Å². The Morgan fingerprint density at radius 2 is 2.03 bits per heavy atom. The normalized spacial score (nSPS) is 19.0. The van der Waals surface area contributed by atoms with Gasteiger partial charge in [-0.2, -0.15) is 5.10 Å². The summed E-state index contributed by atoms with van der Waals surface area (Å²) >= 11 is 0. The molecule has 1 saturated carbocycles. The Bertz CT molecular complexity index is 980. The molecule has 1 amide bonds. The zero-order valence-electron chi connectivity index (χ0n) is 16.3. The molecular weight excluding hydrogens is 364 g/mol. The number of amides is 1. The summed E-state index contributed by atoms with van der Waals surface area (Å²) in [5.41, 5.74) is 3.12. The first kappa shape index (κ1) is 17.9. The van der Waals surface area contributed by atoms with Gasteiger partial charge in [-0.15, -0.1) is 0 Å². The van der Waals surface area contributed by atoms with E-state index in [2.05, 4.69) is 27.3 Å². The lowest BCUT2D eigenvalue weighted by atomic mass is 9.98. The summed E-state index contributed by atoms with van der Waals surface area (Å²) in [5, 5.41) is 6.77. The third kappa shape index (κ3) is 4.01. The van der Waals surface area contributed by atoms with E-state index in [1.54, 1.807) is 17.3 Å². The monoisotopic (exact) mass is 388 g/mol. The average molecular weight is 388 g/mol. The molecule has 6 heteroatoms. The fourth-order valence-corrected chi connectivity index (χ4v) is 3.83. The molecule has 5 rings (SSSR count). The number of ether oxygens (including phenoxy) is 1. The standard InChI is InChI=1S/C23H24N4O2/c28-23-18(10-17-2-1-3-21(11-17)29-15-16-4-5-16)8-9-27(23)22-7-6-19(12-24-22)20-13-25-26-14-20/h1-3,6-7,11-14,16,18H,4-5,8-10,15H2,(H,25,26). The number of anilines is 1. The highest BCUT2D eigenvalue weighted by Crippen LogP contribution is 2.31. The van der Waals surface area contributed by atoms with E-state index in [0.717, 1.165) is 47.8 Å². The lowest BCUT2D eigenvalue weighted by Gasteiger charge is -2.16. The summed E-state index contributed by atoms with van der Waals surface area (Å²) < 4.78 is 5.88. The fraction of sp³-hybridized carbons (Fsp3) is 0.348. The molecule has 1 N–H and O–H groups in total. The van der Waals surface area contributed by atoms with E-state index in [1.165, 1.54) is 12.8 Å². The Balaban J connectivity index is 1.23. The molecule has 0 radical (unpaired) electrons. The van der Waals surface area contributed by atoms with E-state index in [0.29, 0.717) is 12.4 Å². The van der Waals surface area contributed by atoms with Crippen LogP contribution in [0.1, 0.15) is 24.8 Å². The SMILES string of the molecule is O=C1C(Cc2cccc(OCC3CC3)c2)CCN1c1ccc(-c2cn[nH]c2)cn1. The number of H-pyrrole nitrogens is 1. The first-order valence-electron chi connectivity index (χ1n) is 10.2. The molecule has 148 valence electrons. The summed E-state index contributed by atoms with van der Waals surface area (Å²) in [6.07, 6.45) is 9.53. The van der Waals surface area contributed by atoms with Crippen molar-refractivity contribution in [1.29, 1.82) is 0 Å². The lowest BCUT2D eigenvalue weighted by Crippen LogP contribution is -2.28. The number of rotatable bonds is 7. The Labute approximate surface area is 169 Å². The first-order valence-corrected chi connectivity index (χ1v) is 10.2. The number of carbonyl (C=O) groups is 1. The van der Waals surface area contributed by atoms with Gasteiger partial charge in [-0.1, -0.05) is 12.1 Å².